The van der Waals surface area contributed by atoms with E-state index >= 15 is 0 Å². The van der Waals surface area contributed by atoms with Gasteiger partial charge in [-0.2, -0.15) is 4.99 Å². The average Bonchev–Trinajstić information content (AvgIpc) is 3.62. The summed E-state index contributed by atoms with van der Waals surface area (Å²) >= 11 is 1.31. The number of alkyl halides is 3. The van der Waals surface area contributed by atoms with Gasteiger partial charge in [-0.3, -0.25) is 4.57 Å². The van der Waals surface area contributed by atoms with Crippen LogP contribution >= 0.6 is 11.3 Å². The molecule has 0 unspecified atom stereocenters. The molecular weight excluding hydrogens is 596 g/mol. The third-order valence-electron chi connectivity index (χ3n) is 6.44. The number of aryl methyl sites for hydroxylation is 1. The first-order chi connectivity index (χ1) is 21.0. The molecule has 0 spiro atoms. The van der Waals surface area contributed by atoms with Crippen molar-refractivity contribution >= 4 is 23.2 Å². The molecule has 0 atom stereocenters. The molecule has 13 heteroatoms. The molecule has 5 rings (SSSR count). The van der Waals surface area contributed by atoms with E-state index in [1.165, 1.54) is 58.7 Å². The van der Waals surface area contributed by atoms with Crippen LogP contribution in [0.25, 0.3) is 28.6 Å². The second kappa shape index (κ2) is 12.7. The number of benzene rings is 3. The standard InChI is InChI=1S/C31H26F4N6O2S/c1-19(2)25-6-4-5-7-27(25)41-20(3)17-44-30(41)38-29(42)36-16-26(32)21-8-10-22(11-9-21)28-37-18-40(39-28)23-12-14-24(15-13-23)43-31(33,34)35/h4-19H,1-3H3,(H,36,42)/b26-16-,38-30?. The fraction of sp³-hybridized carbons (Fsp3) is 0.161. The fourth-order valence-electron chi connectivity index (χ4n) is 4.37. The summed E-state index contributed by atoms with van der Waals surface area (Å²) in [6, 6.07) is 18.6. The normalized spacial score (nSPS) is 12.5. The Labute approximate surface area is 253 Å². The Balaban J connectivity index is 1.27. The number of carbonyl (C=O) groups is 1. The van der Waals surface area contributed by atoms with Gasteiger partial charge in [-0.15, -0.1) is 29.6 Å². The lowest BCUT2D eigenvalue weighted by Gasteiger charge is -2.14. The Bertz CT molecular complexity index is 1870. The van der Waals surface area contributed by atoms with Gasteiger partial charge in [0.15, 0.2) is 10.6 Å². The molecule has 0 saturated heterocycles. The SMILES string of the molecule is Cc1csc(=NC(=O)N/C=C(\F)c2ccc(-c3ncn(-c4ccc(OC(F)(F)F)cc4)n3)cc2)n1-c1ccccc1C(C)C. The van der Waals surface area contributed by atoms with Crippen molar-refractivity contribution in [3.63, 3.8) is 0 Å². The lowest BCUT2D eigenvalue weighted by molar-refractivity contribution is -0.274. The van der Waals surface area contributed by atoms with Crippen molar-refractivity contribution in [1.82, 2.24) is 24.6 Å². The van der Waals surface area contributed by atoms with Crippen LogP contribution in [0.1, 0.15) is 36.6 Å². The minimum Gasteiger partial charge on any atom is -0.406 e. The van der Waals surface area contributed by atoms with E-state index in [4.69, 9.17) is 0 Å². The fourth-order valence-corrected chi connectivity index (χ4v) is 5.23. The van der Waals surface area contributed by atoms with Crippen molar-refractivity contribution in [2.24, 2.45) is 4.99 Å². The highest BCUT2D eigenvalue weighted by molar-refractivity contribution is 7.07. The van der Waals surface area contributed by atoms with Gasteiger partial charge in [0.1, 0.15) is 17.9 Å². The zero-order valence-corrected chi connectivity index (χ0v) is 24.5. The van der Waals surface area contributed by atoms with E-state index in [2.05, 4.69) is 39.0 Å². The molecule has 0 aliphatic rings. The van der Waals surface area contributed by atoms with Crippen LogP contribution in [0.15, 0.2) is 95.7 Å². The molecule has 0 fully saturated rings. The van der Waals surface area contributed by atoms with Crippen molar-refractivity contribution in [2.75, 3.05) is 0 Å². The van der Waals surface area contributed by atoms with E-state index < -0.39 is 18.2 Å². The van der Waals surface area contributed by atoms with E-state index in [0.717, 1.165) is 23.1 Å². The largest absolute Gasteiger partial charge is 0.573 e. The van der Waals surface area contributed by atoms with Crippen molar-refractivity contribution in [2.45, 2.75) is 33.1 Å². The molecule has 2 amide bonds. The average molecular weight is 623 g/mol. The van der Waals surface area contributed by atoms with E-state index in [0.29, 0.717) is 21.9 Å². The van der Waals surface area contributed by atoms with Crippen molar-refractivity contribution in [3.8, 4) is 28.5 Å². The zero-order chi connectivity index (χ0) is 31.4. The molecule has 3 aromatic carbocycles. The quantitative estimate of drug-likeness (QED) is 0.189. The Hall–Kier alpha value is -5.04. The Morgan fingerprint density at radius 2 is 1.75 bits per heavy atom. The van der Waals surface area contributed by atoms with Gasteiger partial charge in [-0.25, -0.2) is 18.9 Å². The van der Waals surface area contributed by atoms with E-state index in [1.807, 2.05) is 41.1 Å². The summed E-state index contributed by atoms with van der Waals surface area (Å²) in [6.07, 6.45) is -2.42. The molecule has 5 aromatic rings. The molecule has 0 aliphatic heterocycles. The van der Waals surface area contributed by atoms with Gasteiger partial charge in [0.2, 0.25) is 0 Å². The van der Waals surface area contributed by atoms with Crippen LogP contribution in [0.5, 0.6) is 5.75 Å². The second-order valence-electron chi connectivity index (χ2n) is 9.89. The summed E-state index contributed by atoms with van der Waals surface area (Å²) in [7, 11) is 0. The van der Waals surface area contributed by atoms with Gasteiger partial charge in [-0.1, -0.05) is 56.3 Å². The van der Waals surface area contributed by atoms with Crippen molar-refractivity contribution in [1.29, 1.82) is 0 Å². The number of aromatic nitrogens is 4. The molecule has 0 saturated carbocycles. The number of halogens is 4. The number of hydrogen-bond donors (Lipinski definition) is 1. The highest BCUT2D eigenvalue weighted by Crippen LogP contribution is 2.26. The van der Waals surface area contributed by atoms with Gasteiger partial charge in [0.05, 0.1) is 11.4 Å². The molecule has 226 valence electrons. The molecule has 1 N–H and O–H groups in total. The van der Waals surface area contributed by atoms with E-state index in [1.54, 1.807) is 12.1 Å². The predicted molar refractivity (Wildman–Crippen MR) is 159 cm³/mol. The van der Waals surface area contributed by atoms with Crippen molar-refractivity contribution < 1.29 is 27.1 Å². The molecule has 0 bridgehead atoms. The van der Waals surface area contributed by atoms with Crippen LogP contribution in [-0.4, -0.2) is 31.7 Å². The van der Waals surface area contributed by atoms with Gasteiger partial charge >= 0.3 is 12.4 Å². The third kappa shape index (κ3) is 7.11. The molecule has 0 radical (unpaired) electrons. The first-order valence-corrected chi connectivity index (χ1v) is 14.2. The number of ether oxygens (including phenoxy) is 1. The summed E-state index contributed by atoms with van der Waals surface area (Å²) in [4.78, 5) is 21.5. The van der Waals surface area contributed by atoms with Crippen LogP contribution in [0.3, 0.4) is 0 Å². The van der Waals surface area contributed by atoms with Gasteiger partial charge in [0.25, 0.3) is 0 Å². The van der Waals surface area contributed by atoms with Gasteiger partial charge in [-0.05, 0) is 48.7 Å². The molecule has 2 heterocycles. The summed E-state index contributed by atoms with van der Waals surface area (Å²) in [5.74, 6) is -0.450. The number of rotatable bonds is 7. The number of hydrogen-bond acceptors (Lipinski definition) is 5. The number of para-hydroxylation sites is 1. The van der Waals surface area contributed by atoms with Gasteiger partial charge < -0.3 is 10.1 Å². The molecule has 0 aliphatic carbocycles. The van der Waals surface area contributed by atoms with Gasteiger partial charge in [0, 0.05) is 28.4 Å². The highest BCUT2D eigenvalue weighted by Gasteiger charge is 2.31. The lowest BCUT2D eigenvalue weighted by atomic mass is 10.0. The number of nitrogens with one attached hydrogen (secondary N) is 1. The smallest absolute Gasteiger partial charge is 0.406 e. The maximum atomic E-state index is 14.9. The van der Waals surface area contributed by atoms with Crippen LogP contribution < -0.4 is 14.9 Å². The molecule has 2 aromatic heterocycles. The van der Waals surface area contributed by atoms with Crippen molar-refractivity contribution in [3.05, 3.63) is 112 Å². The third-order valence-corrected chi connectivity index (χ3v) is 7.39. The summed E-state index contributed by atoms with van der Waals surface area (Å²) in [6.45, 7) is 6.12. The number of thiazole rings is 1. The monoisotopic (exact) mass is 622 g/mol. The lowest BCUT2D eigenvalue weighted by Crippen LogP contribution is -2.22. The molecule has 8 nitrogen and oxygen atoms in total. The number of carbonyl (C=O) groups excluding carboxylic acids is 1. The first kappa shape index (κ1) is 30.4. The Kier molecular flexibility index (Phi) is 8.76. The summed E-state index contributed by atoms with van der Waals surface area (Å²) < 4.78 is 59.3. The maximum absolute atomic E-state index is 14.9. The Morgan fingerprint density at radius 3 is 2.43 bits per heavy atom. The predicted octanol–water partition coefficient (Wildman–Crippen LogP) is 7.70. The summed E-state index contributed by atoms with van der Waals surface area (Å²) in [5, 5.41) is 8.63. The molecular formula is C31H26F4N6O2S. The van der Waals surface area contributed by atoms with E-state index in [-0.39, 0.29) is 17.2 Å². The highest BCUT2D eigenvalue weighted by atomic mass is 32.1. The zero-order valence-electron chi connectivity index (χ0n) is 23.7. The van der Waals surface area contributed by atoms with Crippen LogP contribution in [-0.2, 0) is 0 Å². The van der Waals surface area contributed by atoms with Crippen LogP contribution in [0, 0.1) is 6.92 Å². The second-order valence-corrected chi connectivity index (χ2v) is 10.7. The number of urea groups is 1. The first-order valence-electron chi connectivity index (χ1n) is 13.3. The maximum Gasteiger partial charge on any atom is 0.573 e. The summed E-state index contributed by atoms with van der Waals surface area (Å²) in [5.41, 5.74) is 4.22. The Morgan fingerprint density at radius 1 is 1.05 bits per heavy atom. The van der Waals surface area contributed by atoms with Crippen LogP contribution in [0.4, 0.5) is 22.4 Å². The van der Waals surface area contributed by atoms with Crippen LogP contribution in [0.2, 0.25) is 0 Å². The minimum atomic E-state index is -4.78. The topological polar surface area (TPSA) is 86.3 Å². The molecule has 44 heavy (non-hydrogen) atoms. The minimum absolute atomic E-state index is 0.210. The van der Waals surface area contributed by atoms with E-state index in [9.17, 15) is 22.4 Å². The number of amides is 2. The number of nitrogens with zero attached hydrogens (tertiary/aromatic N) is 5.